The summed E-state index contributed by atoms with van der Waals surface area (Å²) in [5.41, 5.74) is 0. The van der Waals surface area contributed by atoms with Crippen molar-refractivity contribution in [2.24, 2.45) is 5.92 Å². The maximum Gasteiger partial charge on any atom is 0.150 e. The van der Waals surface area contributed by atoms with E-state index in [0.717, 1.165) is 43.2 Å². The van der Waals surface area contributed by atoms with Crippen molar-refractivity contribution >= 4 is 12.6 Å². The van der Waals surface area contributed by atoms with Gasteiger partial charge in [-0.05, 0) is 11.7 Å². The summed E-state index contributed by atoms with van der Waals surface area (Å²) in [6.45, 7) is 7.37. The van der Waals surface area contributed by atoms with Crippen LogP contribution in [0.25, 0.3) is 0 Å². The number of aryl methyl sites for hydroxylation is 2. The van der Waals surface area contributed by atoms with Gasteiger partial charge in [-0.25, -0.2) is 9.67 Å². The van der Waals surface area contributed by atoms with Crippen molar-refractivity contribution in [2.75, 3.05) is 5.75 Å². The third kappa shape index (κ3) is 3.23. The second kappa shape index (κ2) is 6.16. The van der Waals surface area contributed by atoms with Gasteiger partial charge < -0.3 is 0 Å². The summed E-state index contributed by atoms with van der Waals surface area (Å²) in [5.74, 6) is 3.58. The van der Waals surface area contributed by atoms with E-state index in [1.807, 2.05) is 0 Å². The van der Waals surface area contributed by atoms with E-state index in [-0.39, 0.29) is 0 Å². The fourth-order valence-electron chi connectivity index (χ4n) is 1.54. The zero-order chi connectivity index (χ0) is 11.3. The lowest BCUT2D eigenvalue weighted by molar-refractivity contribution is 0.433. The highest BCUT2D eigenvalue weighted by Crippen LogP contribution is 2.10. The summed E-state index contributed by atoms with van der Waals surface area (Å²) in [6, 6.07) is 0. The van der Waals surface area contributed by atoms with Crippen LogP contribution in [0.3, 0.4) is 0 Å². The Morgan fingerprint density at radius 2 is 2.00 bits per heavy atom. The van der Waals surface area contributed by atoms with E-state index in [9.17, 15) is 0 Å². The highest BCUT2D eigenvalue weighted by atomic mass is 32.1. The molecule has 0 fully saturated rings. The number of hydrogen-bond acceptors (Lipinski definition) is 3. The van der Waals surface area contributed by atoms with Crippen molar-refractivity contribution in [3.8, 4) is 0 Å². The van der Waals surface area contributed by atoms with Gasteiger partial charge in [0.25, 0.3) is 0 Å². The monoisotopic (exact) mass is 227 g/mol. The molecule has 4 heteroatoms. The largest absolute Gasteiger partial charge is 0.250 e. The molecule has 1 unspecified atom stereocenters. The minimum atomic E-state index is 0.602. The third-order valence-corrected chi connectivity index (χ3v) is 3.21. The first-order chi connectivity index (χ1) is 7.24. The summed E-state index contributed by atoms with van der Waals surface area (Å²) in [7, 11) is 0. The van der Waals surface area contributed by atoms with E-state index in [4.69, 9.17) is 0 Å². The molecule has 1 heterocycles. The van der Waals surface area contributed by atoms with E-state index in [2.05, 4.69) is 48.2 Å². The fraction of sp³-hybridized carbons (Fsp3) is 0.818. The molecule has 0 aromatic carbocycles. The maximum absolute atomic E-state index is 4.51. The van der Waals surface area contributed by atoms with Gasteiger partial charge in [0, 0.05) is 19.4 Å². The van der Waals surface area contributed by atoms with Crippen molar-refractivity contribution < 1.29 is 0 Å². The Kier molecular flexibility index (Phi) is 5.15. The lowest BCUT2D eigenvalue weighted by atomic mass is 10.1. The molecule has 3 nitrogen and oxygen atoms in total. The van der Waals surface area contributed by atoms with E-state index < -0.39 is 0 Å². The van der Waals surface area contributed by atoms with E-state index in [1.165, 1.54) is 0 Å². The number of rotatable bonds is 6. The van der Waals surface area contributed by atoms with Crippen molar-refractivity contribution in [2.45, 2.75) is 46.6 Å². The molecule has 15 heavy (non-hydrogen) atoms. The van der Waals surface area contributed by atoms with Gasteiger partial charge in [0.1, 0.15) is 5.82 Å². The third-order valence-electron chi connectivity index (χ3n) is 2.69. The molecule has 0 saturated heterocycles. The Bertz CT molecular complexity index is 292. The molecule has 0 N–H and O–H groups in total. The Morgan fingerprint density at radius 1 is 1.27 bits per heavy atom. The summed E-state index contributed by atoms with van der Waals surface area (Å²) < 4.78 is 2.06. The van der Waals surface area contributed by atoms with Crippen molar-refractivity contribution in [1.82, 2.24) is 14.8 Å². The first-order valence-electron chi connectivity index (χ1n) is 5.78. The summed E-state index contributed by atoms with van der Waals surface area (Å²) >= 11 is 4.36. The van der Waals surface area contributed by atoms with Gasteiger partial charge in [0.05, 0.1) is 0 Å². The van der Waals surface area contributed by atoms with Crippen LogP contribution in [0.4, 0.5) is 0 Å². The first-order valence-corrected chi connectivity index (χ1v) is 6.41. The van der Waals surface area contributed by atoms with Crippen LogP contribution in [0.1, 0.15) is 38.8 Å². The lowest BCUT2D eigenvalue weighted by Crippen LogP contribution is -2.15. The number of hydrogen-bond donors (Lipinski definition) is 1. The average Bonchev–Trinajstić information content (AvgIpc) is 2.68. The smallest absolute Gasteiger partial charge is 0.150 e. The van der Waals surface area contributed by atoms with E-state index in [1.54, 1.807) is 0 Å². The highest BCUT2D eigenvalue weighted by Gasteiger charge is 2.11. The molecule has 0 aliphatic rings. The predicted octanol–water partition coefficient (Wildman–Crippen LogP) is 2.36. The van der Waals surface area contributed by atoms with Gasteiger partial charge >= 0.3 is 0 Å². The molecule has 0 aliphatic heterocycles. The molecule has 0 bridgehead atoms. The highest BCUT2D eigenvalue weighted by molar-refractivity contribution is 7.80. The van der Waals surface area contributed by atoms with E-state index >= 15 is 0 Å². The van der Waals surface area contributed by atoms with E-state index in [0.29, 0.717) is 5.92 Å². The van der Waals surface area contributed by atoms with Crippen LogP contribution in [-0.2, 0) is 19.4 Å². The van der Waals surface area contributed by atoms with Crippen LogP contribution in [0.2, 0.25) is 0 Å². The second-order valence-corrected chi connectivity index (χ2v) is 4.16. The molecule has 1 rings (SSSR count). The molecule has 0 spiro atoms. The SMILES string of the molecule is CCc1nc(CC)n(CC(CC)CS)n1. The van der Waals surface area contributed by atoms with Gasteiger partial charge in [0.2, 0.25) is 0 Å². The van der Waals surface area contributed by atoms with Crippen LogP contribution >= 0.6 is 12.6 Å². The van der Waals surface area contributed by atoms with Crippen molar-refractivity contribution in [1.29, 1.82) is 0 Å². The molecule has 0 amide bonds. The molecule has 0 saturated carbocycles. The minimum absolute atomic E-state index is 0.602. The van der Waals surface area contributed by atoms with Gasteiger partial charge in [-0.2, -0.15) is 17.7 Å². The van der Waals surface area contributed by atoms with Gasteiger partial charge in [-0.1, -0.05) is 27.2 Å². The van der Waals surface area contributed by atoms with Crippen LogP contribution in [0, 0.1) is 5.92 Å². The van der Waals surface area contributed by atoms with Crippen LogP contribution < -0.4 is 0 Å². The first kappa shape index (κ1) is 12.6. The normalized spacial score (nSPS) is 13.1. The summed E-state index contributed by atoms with van der Waals surface area (Å²) in [4.78, 5) is 4.50. The Balaban J connectivity index is 2.77. The van der Waals surface area contributed by atoms with Crippen LogP contribution in [-0.4, -0.2) is 20.5 Å². The van der Waals surface area contributed by atoms with Crippen molar-refractivity contribution in [3.05, 3.63) is 11.6 Å². The molecule has 0 aliphatic carbocycles. The molecular weight excluding hydrogens is 206 g/mol. The molecule has 0 radical (unpaired) electrons. The molecule has 86 valence electrons. The maximum atomic E-state index is 4.51. The van der Waals surface area contributed by atoms with Crippen LogP contribution in [0.5, 0.6) is 0 Å². The summed E-state index contributed by atoms with van der Waals surface area (Å²) in [5, 5.41) is 4.51. The molecule has 1 atom stereocenters. The van der Waals surface area contributed by atoms with Gasteiger partial charge in [-0.3, -0.25) is 0 Å². The number of aromatic nitrogens is 3. The second-order valence-electron chi connectivity index (χ2n) is 3.79. The van der Waals surface area contributed by atoms with Gasteiger partial charge in [-0.15, -0.1) is 0 Å². The zero-order valence-corrected chi connectivity index (χ0v) is 10.8. The average molecular weight is 227 g/mol. The van der Waals surface area contributed by atoms with Crippen molar-refractivity contribution in [3.63, 3.8) is 0 Å². The number of thiol groups is 1. The Hall–Kier alpha value is -0.510. The quantitative estimate of drug-likeness (QED) is 0.756. The summed E-state index contributed by atoms with van der Waals surface area (Å²) in [6.07, 6.45) is 3.02. The number of nitrogens with zero attached hydrogens (tertiary/aromatic N) is 3. The standard InChI is InChI=1S/C11H21N3S/c1-4-9(8-15)7-14-11(6-3)12-10(5-2)13-14/h9,15H,4-8H2,1-3H3. The predicted molar refractivity (Wildman–Crippen MR) is 66.4 cm³/mol. The molecular formula is C11H21N3S. The molecule has 1 aromatic heterocycles. The minimum Gasteiger partial charge on any atom is -0.250 e. The Labute approximate surface area is 97.7 Å². The van der Waals surface area contributed by atoms with Crippen LogP contribution in [0.15, 0.2) is 0 Å². The lowest BCUT2D eigenvalue weighted by Gasteiger charge is -2.12. The van der Waals surface area contributed by atoms with Gasteiger partial charge in [0.15, 0.2) is 5.82 Å². The fourth-order valence-corrected chi connectivity index (χ4v) is 1.92. The topological polar surface area (TPSA) is 30.7 Å². The zero-order valence-electron chi connectivity index (χ0n) is 9.90. The molecule has 1 aromatic rings. The Morgan fingerprint density at radius 3 is 2.47 bits per heavy atom.